The number of benzene rings is 4. The Morgan fingerprint density at radius 1 is 0.549 bits per heavy atom. The van der Waals surface area contributed by atoms with Gasteiger partial charge in [0.25, 0.3) is 0 Å². The van der Waals surface area contributed by atoms with Crippen LogP contribution in [0.3, 0.4) is 0 Å². The third kappa shape index (κ3) is 5.61. The van der Waals surface area contributed by atoms with Crippen molar-refractivity contribution >= 4 is 27.8 Å². The minimum absolute atomic E-state index is 0.0639. The van der Waals surface area contributed by atoms with Crippen molar-refractivity contribution in [3.63, 3.8) is 0 Å². The first-order valence-electron chi connectivity index (χ1n) is 14.0. The molecule has 0 atom stereocenters. The molecule has 51 heavy (non-hydrogen) atoms. The quantitative estimate of drug-likeness (QED) is 0.0865. The fourth-order valence-corrected chi connectivity index (χ4v) is 5.12. The zero-order valence-corrected chi connectivity index (χ0v) is 25.2. The van der Waals surface area contributed by atoms with Gasteiger partial charge < -0.3 is 4.74 Å². The average Bonchev–Trinajstić information content (AvgIpc) is 3.02. The van der Waals surface area contributed by atoms with E-state index in [0.717, 1.165) is 0 Å². The number of aldehydes is 1. The average molecular weight is 758 g/mol. The van der Waals surface area contributed by atoms with Crippen LogP contribution in [0.25, 0.3) is 32.7 Å². The van der Waals surface area contributed by atoms with Crippen LogP contribution in [0.5, 0.6) is 5.75 Å². The predicted molar refractivity (Wildman–Crippen MR) is 148 cm³/mol. The molecule has 0 aliphatic heterocycles. The van der Waals surface area contributed by atoms with E-state index in [1.54, 1.807) is 6.07 Å². The molecule has 0 N–H and O–H groups in total. The highest BCUT2D eigenvalue weighted by molar-refractivity contribution is 6.14. The summed E-state index contributed by atoms with van der Waals surface area (Å²) in [7, 11) is 0. The largest absolute Gasteiger partial charge is 0.490 e. The number of hydrogen-bond acceptors (Lipinski definition) is 2. The summed E-state index contributed by atoms with van der Waals surface area (Å²) in [4.78, 5) is 12.1. The maximum Gasteiger partial charge on any atom is 0.460 e. The Morgan fingerprint density at radius 2 is 0.961 bits per heavy atom. The number of carbonyl (C=O) groups excluding carboxylic acids is 1. The maximum atomic E-state index is 15.6. The Labute approximate surface area is 274 Å². The summed E-state index contributed by atoms with van der Waals surface area (Å²) >= 11 is 0. The van der Waals surface area contributed by atoms with Crippen LogP contribution in [0.15, 0.2) is 66.7 Å². The highest BCUT2D eigenvalue weighted by Gasteiger charge is 2.95. The van der Waals surface area contributed by atoms with E-state index in [-0.39, 0.29) is 34.8 Å². The number of rotatable bonds is 11. The van der Waals surface area contributed by atoms with Crippen LogP contribution >= 0.6 is 0 Å². The van der Waals surface area contributed by atoms with Gasteiger partial charge >= 0.3 is 47.6 Å². The number of carbonyl (C=O) groups is 1. The number of ether oxygens (including phenoxy) is 1. The first-order valence-corrected chi connectivity index (χ1v) is 14.0. The Bertz CT molecular complexity index is 1910. The summed E-state index contributed by atoms with van der Waals surface area (Å²) in [6, 6.07) is 12.7. The Morgan fingerprint density at radius 3 is 1.37 bits per heavy atom. The zero-order chi connectivity index (χ0) is 39.0. The number of hydrogen-bond donors (Lipinski definition) is 0. The second-order valence-corrected chi connectivity index (χ2v) is 11.4. The molecule has 0 heterocycles. The lowest BCUT2D eigenvalue weighted by Gasteiger charge is -2.43. The molecular formula is C32H19F17O2. The number of fused-ring (bicyclic) bond motifs is 2. The minimum atomic E-state index is -8.77. The molecule has 0 radical (unpaired) electrons. The lowest BCUT2D eigenvalue weighted by atomic mass is 9.85. The lowest BCUT2D eigenvalue weighted by Crippen LogP contribution is -2.74. The molecule has 0 unspecified atom stereocenters. The van der Waals surface area contributed by atoms with Gasteiger partial charge in [0.05, 0.1) is 11.7 Å². The molecule has 0 aromatic heterocycles. The van der Waals surface area contributed by atoms with Crippen LogP contribution in [-0.2, 0) is 5.92 Å². The van der Waals surface area contributed by atoms with Crippen LogP contribution in [0.1, 0.15) is 29.8 Å². The van der Waals surface area contributed by atoms with Gasteiger partial charge in [0.15, 0.2) is 6.29 Å². The molecule has 4 aromatic rings. The van der Waals surface area contributed by atoms with E-state index in [9.17, 15) is 61.9 Å². The van der Waals surface area contributed by atoms with Crippen LogP contribution in [0.2, 0.25) is 0 Å². The van der Waals surface area contributed by atoms with Crippen molar-refractivity contribution in [2.75, 3.05) is 0 Å². The molecule has 0 spiro atoms. The smallest absolute Gasteiger partial charge is 0.460 e. The Kier molecular flexibility index (Phi) is 9.39. The van der Waals surface area contributed by atoms with E-state index < -0.39 is 76.2 Å². The molecule has 0 fully saturated rings. The SMILES string of the molecule is CC(C)Oc1c(C=O)cc(C(F)(F)C(F)(F)C(F)(F)C(F)(F)C(F)(F)C(F)(F)C(F)(F)C(F)(F)F)cc1-c1c2ccccc2cc2ccccc12. The molecule has 0 saturated heterocycles. The molecule has 4 rings (SSSR count). The van der Waals surface area contributed by atoms with E-state index in [0.29, 0.717) is 10.8 Å². The molecule has 19 heteroatoms. The van der Waals surface area contributed by atoms with Gasteiger partial charge in [0.1, 0.15) is 5.75 Å². The van der Waals surface area contributed by atoms with E-state index in [1.165, 1.54) is 62.4 Å². The molecular weight excluding hydrogens is 739 g/mol. The Hall–Kier alpha value is -4.32. The molecule has 0 saturated carbocycles. The van der Waals surface area contributed by atoms with Crippen molar-refractivity contribution in [1.82, 2.24) is 0 Å². The summed E-state index contributed by atoms with van der Waals surface area (Å²) < 4.78 is 245. The number of halogens is 17. The van der Waals surface area contributed by atoms with E-state index >= 15 is 17.6 Å². The maximum absolute atomic E-state index is 15.6. The van der Waals surface area contributed by atoms with E-state index in [1.807, 2.05) is 0 Å². The number of alkyl halides is 17. The summed E-state index contributed by atoms with van der Waals surface area (Å²) in [6.07, 6.45) is -9.13. The van der Waals surface area contributed by atoms with Crippen molar-refractivity contribution in [2.45, 2.75) is 67.6 Å². The second kappa shape index (κ2) is 12.1. The van der Waals surface area contributed by atoms with Crippen LogP contribution in [-0.4, -0.2) is 54.1 Å². The van der Waals surface area contributed by atoms with Crippen LogP contribution in [0.4, 0.5) is 74.6 Å². The second-order valence-electron chi connectivity index (χ2n) is 11.4. The molecule has 0 amide bonds. The van der Waals surface area contributed by atoms with Gasteiger partial charge in [-0.2, -0.15) is 74.6 Å². The summed E-state index contributed by atoms with van der Waals surface area (Å²) in [5.41, 5.74) is -4.62. The van der Waals surface area contributed by atoms with Crippen molar-refractivity contribution in [3.8, 4) is 16.9 Å². The standard InChI is InChI=1S/C32H19F17O2/c1-15(2)51-24-18(14-50)12-19(13-22(24)23-20-9-5-3-7-16(20)11-17-8-4-6-10-21(17)23)25(33,34)26(35,36)27(37,38)28(39,40)29(41,42)30(43,44)31(45,46)32(47,48)49/h3-15H,1-2H3. The lowest BCUT2D eigenvalue weighted by molar-refractivity contribution is -0.462. The predicted octanol–water partition coefficient (Wildman–Crippen LogP) is 11.7. The zero-order valence-electron chi connectivity index (χ0n) is 25.2. The van der Waals surface area contributed by atoms with Gasteiger partial charge in [-0.15, -0.1) is 0 Å². The van der Waals surface area contributed by atoms with Gasteiger partial charge in [-0.1, -0.05) is 48.5 Å². The van der Waals surface area contributed by atoms with Gasteiger partial charge in [0.2, 0.25) is 0 Å². The third-order valence-electron chi connectivity index (χ3n) is 7.72. The van der Waals surface area contributed by atoms with E-state index in [4.69, 9.17) is 4.74 Å². The Balaban J connectivity index is 2.04. The molecule has 0 aliphatic carbocycles. The van der Waals surface area contributed by atoms with Gasteiger partial charge in [0, 0.05) is 16.7 Å². The van der Waals surface area contributed by atoms with Gasteiger partial charge in [-0.3, -0.25) is 4.79 Å². The normalized spacial score (nSPS) is 14.4. The topological polar surface area (TPSA) is 26.3 Å². The summed E-state index contributed by atoms with van der Waals surface area (Å²) in [5.74, 6) is -58.5. The van der Waals surface area contributed by atoms with Gasteiger partial charge in [-0.25, -0.2) is 0 Å². The highest BCUT2D eigenvalue weighted by Crippen LogP contribution is 2.65. The summed E-state index contributed by atoms with van der Waals surface area (Å²) in [6.45, 7) is 2.66. The van der Waals surface area contributed by atoms with Crippen LogP contribution < -0.4 is 4.74 Å². The molecule has 278 valence electrons. The van der Waals surface area contributed by atoms with E-state index in [2.05, 4.69) is 0 Å². The first kappa shape index (κ1) is 39.5. The molecule has 4 aromatic carbocycles. The molecule has 0 bridgehead atoms. The van der Waals surface area contributed by atoms with Crippen molar-refractivity contribution in [3.05, 3.63) is 77.9 Å². The van der Waals surface area contributed by atoms with Crippen molar-refractivity contribution < 1.29 is 84.2 Å². The van der Waals surface area contributed by atoms with Crippen LogP contribution in [0, 0.1) is 0 Å². The fraction of sp³-hybridized carbons (Fsp3) is 0.344. The third-order valence-corrected chi connectivity index (χ3v) is 7.72. The van der Waals surface area contributed by atoms with Crippen molar-refractivity contribution in [1.29, 1.82) is 0 Å². The molecule has 2 nitrogen and oxygen atoms in total. The summed E-state index contributed by atoms with van der Waals surface area (Å²) in [5, 5.41) is 0.861. The molecule has 0 aliphatic rings. The fourth-order valence-electron chi connectivity index (χ4n) is 5.12. The minimum Gasteiger partial charge on any atom is -0.490 e. The highest BCUT2D eigenvalue weighted by atomic mass is 19.4. The van der Waals surface area contributed by atoms with Crippen molar-refractivity contribution in [2.24, 2.45) is 0 Å². The first-order chi connectivity index (χ1) is 23.0. The van der Waals surface area contributed by atoms with Gasteiger partial charge in [-0.05, 0) is 53.6 Å². The monoisotopic (exact) mass is 758 g/mol.